The second-order valence-corrected chi connectivity index (χ2v) is 4.82. The lowest BCUT2D eigenvalue weighted by atomic mass is 9.88. The predicted molar refractivity (Wildman–Crippen MR) is 74.5 cm³/mol. The van der Waals surface area contributed by atoms with Gasteiger partial charge in [0.15, 0.2) is 0 Å². The quantitative estimate of drug-likeness (QED) is 0.847. The van der Waals surface area contributed by atoms with Gasteiger partial charge in [-0.1, -0.05) is 24.3 Å². The molecule has 1 aromatic heterocycles. The number of hydrogen-bond donors (Lipinski definition) is 2. The van der Waals surface area contributed by atoms with Crippen LogP contribution < -0.4 is 11.1 Å². The van der Waals surface area contributed by atoms with E-state index in [9.17, 15) is 0 Å². The Morgan fingerprint density at radius 2 is 1.94 bits per heavy atom. The molecule has 1 aliphatic rings. The molecule has 3 nitrogen and oxygen atoms in total. The monoisotopic (exact) mass is 239 g/mol. The van der Waals surface area contributed by atoms with Crippen LogP contribution in [0.5, 0.6) is 0 Å². The van der Waals surface area contributed by atoms with Gasteiger partial charge in [-0.3, -0.25) is 0 Å². The highest BCUT2D eigenvalue weighted by Crippen LogP contribution is 2.23. The third-order valence-electron chi connectivity index (χ3n) is 3.50. The highest BCUT2D eigenvalue weighted by Gasteiger charge is 2.17. The summed E-state index contributed by atoms with van der Waals surface area (Å²) < 4.78 is 0. The molecule has 0 spiro atoms. The molecule has 18 heavy (non-hydrogen) atoms. The molecule has 1 aromatic carbocycles. The van der Waals surface area contributed by atoms with Crippen LogP contribution in [-0.2, 0) is 12.8 Å². The number of nitrogens with two attached hydrogens (primary N) is 1. The largest absolute Gasteiger partial charge is 0.384 e. The molecule has 3 heteroatoms. The first-order chi connectivity index (χ1) is 8.81. The smallest absolute Gasteiger partial charge is 0.123 e. The van der Waals surface area contributed by atoms with Crippen molar-refractivity contribution in [1.82, 2.24) is 4.98 Å². The zero-order valence-electron chi connectivity index (χ0n) is 10.3. The normalized spacial score (nSPS) is 18.1. The number of rotatable bonds is 2. The standard InChI is InChI=1S/C15H17N3/c16-15-8-7-14(10-17-15)18-13-6-5-11-3-1-2-4-12(11)9-13/h1-4,7-8,10,13,18H,5-6,9H2,(H2,16,17). The van der Waals surface area contributed by atoms with E-state index in [4.69, 9.17) is 5.73 Å². The van der Waals surface area contributed by atoms with Crippen molar-refractivity contribution >= 4 is 11.5 Å². The van der Waals surface area contributed by atoms with Gasteiger partial charge in [-0.25, -0.2) is 4.98 Å². The molecule has 0 bridgehead atoms. The number of aromatic nitrogens is 1. The second kappa shape index (κ2) is 4.69. The average molecular weight is 239 g/mol. The number of anilines is 2. The van der Waals surface area contributed by atoms with Crippen LogP contribution in [0, 0.1) is 0 Å². The van der Waals surface area contributed by atoms with Crippen LogP contribution in [0.25, 0.3) is 0 Å². The lowest BCUT2D eigenvalue weighted by Crippen LogP contribution is -2.27. The number of nitrogens with one attached hydrogen (secondary N) is 1. The van der Waals surface area contributed by atoms with Crippen LogP contribution in [0.1, 0.15) is 17.5 Å². The minimum atomic E-state index is 0.491. The molecule has 0 aliphatic heterocycles. The first kappa shape index (κ1) is 11.1. The van der Waals surface area contributed by atoms with Gasteiger partial charge >= 0.3 is 0 Å². The van der Waals surface area contributed by atoms with Crippen molar-refractivity contribution in [1.29, 1.82) is 0 Å². The average Bonchev–Trinajstić information content (AvgIpc) is 2.41. The van der Waals surface area contributed by atoms with Crippen LogP contribution in [0.2, 0.25) is 0 Å². The predicted octanol–water partition coefficient (Wildman–Crippen LogP) is 2.63. The maximum absolute atomic E-state index is 5.58. The van der Waals surface area contributed by atoms with Crippen LogP contribution in [0.4, 0.5) is 11.5 Å². The molecule has 0 saturated heterocycles. The molecule has 3 rings (SSSR count). The van der Waals surface area contributed by atoms with Crippen molar-refractivity contribution in [2.75, 3.05) is 11.1 Å². The Labute approximate surface area is 107 Å². The molecule has 3 N–H and O–H groups in total. The van der Waals surface area contributed by atoms with Gasteiger partial charge in [-0.2, -0.15) is 0 Å². The van der Waals surface area contributed by atoms with E-state index in [-0.39, 0.29) is 0 Å². The fraction of sp³-hybridized carbons (Fsp3) is 0.267. The molecular weight excluding hydrogens is 222 g/mol. The van der Waals surface area contributed by atoms with Gasteiger partial charge in [0, 0.05) is 6.04 Å². The number of benzene rings is 1. The second-order valence-electron chi connectivity index (χ2n) is 4.82. The van der Waals surface area contributed by atoms with Crippen LogP contribution in [-0.4, -0.2) is 11.0 Å². The van der Waals surface area contributed by atoms with E-state index in [1.807, 2.05) is 12.1 Å². The van der Waals surface area contributed by atoms with Gasteiger partial charge in [-0.15, -0.1) is 0 Å². The summed E-state index contributed by atoms with van der Waals surface area (Å²) in [5.74, 6) is 0.564. The highest BCUT2D eigenvalue weighted by atomic mass is 14.9. The maximum Gasteiger partial charge on any atom is 0.123 e. The van der Waals surface area contributed by atoms with Gasteiger partial charge in [0.05, 0.1) is 11.9 Å². The summed E-state index contributed by atoms with van der Waals surface area (Å²) in [6.45, 7) is 0. The van der Waals surface area contributed by atoms with Crippen molar-refractivity contribution < 1.29 is 0 Å². The number of aryl methyl sites for hydroxylation is 1. The molecule has 0 radical (unpaired) electrons. The zero-order valence-corrected chi connectivity index (χ0v) is 10.3. The fourth-order valence-corrected chi connectivity index (χ4v) is 2.55. The molecule has 1 heterocycles. The number of fused-ring (bicyclic) bond motifs is 1. The Kier molecular flexibility index (Phi) is 2.89. The first-order valence-electron chi connectivity index (χ1n) is 6.36. The van der Waals surface area contributed by atoms with E-state index < -0.39 is 0 Å². The highest BCUT2D eigenvalue weighted by molar-refractivity contribution is 5.47. The van der Waals surface area contributed by atoms with E-state index in [1.54, 1.807) is 6.20 Å². The van der Waals surface area contributed by atoms with Gasteiger partial charge in [-0.05, 0) is 42.5 Å². The van der Waals surface area contributed by atoms with Crippen molar-refractivity contribution in [2.24, 2.45) is 0 Å². The number of nitrogen functional groups attached to an aromatic ring is 1. The van der Waals surface area contributed by atoms with E-state index in [0.29, 0.717) is 11.9 Å². The summed E-state index contributed by atoms with van der Waals surface area (Å²) in [6, 6.07) is 13.0. The maximum atomic E-state index is 5.58. The van der Waals surface area contributed by atoms with Crippen molar-refractivity contribution in [3.63, 3.8) is 0 Å². The summed E-state index contributed by atoms with van der Waals surface area (Å²) >= 11 is 0. The van der Waals surface area contributed by atoms with Gasteiger partial charge in [0.25, 0.3) is 0 Å². The Balaban J connectivity index is 1.71. The van der Waals surface area contributed by atoms with E-state index in [1.165, 1.54) is 17.5 Å². The van der Waals surface area contributed by atoms with Crippen molar-refractivity contribution in [2.45, 2.75) is 25.3 Å². The Hall–Kier alpha value is -2.03. The Morgan fingerprint density at radius 3 is 2.72 bits per heavy atom. The topological polar surface area (TPSA) is 50.9 Å². The van der Waals surface area contributed by atoms with Crippen LogP contribution >= 0.6 is 0 Å². The van der Waals surface area contributed by atoms with E-state index >= 15 is 0 Å². The number of pyridine rings is 1. The first-order valence-corrected chi connectivity index (χ1v) is 6.36. The Morgan fingerprint density at radius 1 is 1.11 bits per heavy atom. The van der Waals surface area contributed by atoms with Crippen LogP contribution in [0.15, 0.2) is 42.6 Å². The molecule has 0 fully saturated rings. The summed E-state index contributed by atoms with van der Waals surface area (Å²) in [4.78, 5) is 4.10. The molecule has 0 saturated carbocycles. The van der Waals surface area contributed by atoms with E-state index in [0.717, 1.165) is 18.5 Å². The molecule has 1 unspecified atom stereocenters. The summed E-state index contributed by atoms with van der Waals surface area (Å²) in [5, 5.41) is 3.53. The van der Waals surface area contributed by atoms with Crippen molar-refractivity contribution in [3.05, 3.63) is 53.7 Å². The van der Waals surface area contributed by atoms with Crippen LogP contribution in [0.3, 0.4) is 0 Å². The van der Waals surface area contributed by atoms with E-state index in [2.05, 4.69) is 34.6 Å². The Bertz CT molecular complexity index is 534. The third kappa shape index (κ3) is 2.30. The summed E-state index contributed by atoms with van der Waals surface area (Å²) in [7, 11) is 0. The summed E-state index contributed by atoms with van der Waals surface area (Å²) in [5.41, 5.74) is 9.59. The molecule has 1 aliphatic carbocycles. The minimum Gasteiger partial charge on any atom is -0.384 e. The zero-order chi connectivity index (χ0) is 12.4. The lowest BCUT2D eigenvalue weighted by Gasteiger charge is -2.26. The molecule has 2 aromatic rings. The SMILES string of the molecule is Nc1ccc(NC2CCc3ccccc3C2)cn1. The minimum absolute atomic E-state index is 0.491. The van der Waals surface area contributed by atoms with Gasteiger partial charge in [0.1, 0.15) is 5.82 Å². The van der Waals surface area contributed by atoms with Crippen molar-refractivity contribution in [3.8, 4) is 0 Å². The lowest BCUT2D eigenvalue weighted by molar-refractivity contribution is 0.611. The number of hydrogen-bond acceptors (Lipinski definition) is 3. The fourth-order valence-electron chi connectivity index (χ4n) is 2.55. The number of nitrogens with zero attached hydrogens (tertiary/aromatic N) is 1. The third-order valence-corrected chi connectivity index (χ3v) is 3.50. The summed E-state index contributed by atoms with van der Waals surface area (Å²) in [6.07, 6.45) is 5.20. The molecule has 1 atom stereocenters. The molecule has 92 valence electrons. The van der Waals surface area contributed by atoms with Gasteiger partial charge in [0.2, 0.25) is 0 Å². The van der Waals surface area contributed by atoms with Gasteiger partial charge < -0.3 is 11.1 Å². The molecule has 0 amide bonds. The molecular formula is C15H17N3.